The van der Waals surface area contributed by atoms with Gasteiger partial charge in [-0.2, -0.15) is 0 Å². The van der Waals surface area contributed by atoms with E-state index in [4.69, 9.17) is 23.2 Å². The molecule has 19 heavy (non-hydrogen) atoms. The average molecular weight is 298 g/mol. The molecular weight excluding hydrogens is 288 g/mol. The maximum absolute atomic E-state index is 13.0. The SMILES string of the molecule is O=C(NCc1cccc(F)c1)c1cc(Cl)cc(Cl)c1. The number of nitrogens with one attached hydrogen (secondary N) is 1. The lowest BCUT2D eigenvalue weighted by molar-refractivity contribution is 0.0951. The van der Waals surface area contributed by atoms with Crippen LogP contribution in [0.2, 0.25) is 10.0 Å². The van der Waals surface area contributed by atoms with Crippen molar-refractivity contribution in [3.63, 3.8) is 0 Å². The number of benzene rings is 2. The Balaban J connectivity index is 2.05. The molecule has 0 radical (unpaired) electrons. The summed E-state index contributed by atoms with van der Waals surface area (Å²) in [4.78, 5) is 11.9. The van der Waals surface area contributed by atoms with Crippen molar-refractivity contribution in [1.82, 2.24) is 5.32 Å². The van der Waals surface area contributed by atoms with Crippen LogP contribution in [-0.4, -0.2) is 5.91 Å². The van der Waals surface area contributed by atoms with E-state index < -0.39 is 0 Å². The van der Waals surface area contributed by atoms with Crippen molar-refractivity contribution in [3.8, 4) is 0 Å². The number of carbonyl (C=O) groups is 1. The first-order valence-corrected chi connectivity index (χ1v) is 6.29. The van der Waals surface area contributed by atoms with E-state index >= 15 is 0 Å². The van der Waals surface area contributed by atoms with Crippen LogP contribution < -0.4 is 5.32 Å². The van der Waals surface area contributed by atoms with Crippen LogP contribution in [0.4, 0.5) is 4.39 Å². The van der Waals surface area contributed by atoms with Crippen LogP contribution in [-0.2, 0) is 6.54 Å². The van der Waals surface area contributed by atoms with Crippen LogP contribution >= 0.6 is 23.2 Å². The molecule has 0 aromatic heterocycles. The van der Waals surface area contributed by atoms with Crippen molar-refractivity contribution >= 4 is 29.1 Å². The molecule has 0 aliphatic heterocycles. The molecule has 0 aliphatic rings. The molecule has 0 saturated carbocycles. The molecule has 5 heteroatoms. The third-order valence-electron chi connectivity index (χ3n) is 2.47. The van der Waals surface area contributed by atoms with Gasteiger partial charge in [0.1, 0.15) is 5.82 Å². The summed E-state index contributed by atoms with van der Waals surface area (Å²) in [5.74, 6) is -0.647. The first-order chi connectivity index (χ1) is 9.04. The van der Waals surface area contributed by atoms with E-state index in [1.807, 2.05) is 0 Å². The second kappa shape index (κ2) is 6.04. The zero-order valence-electron chi connectivity index (χ0n) is 9.79. The Morgan fingerprint density at radius 1 is 1.11 bits per heavy atom. The normalized spacial score (nSPS) is 10.3. The average Bonchev–Trinajstić information content (AvgIpc) is 2.35. The first kappa shape index (κ1) is 13.8. The van der Waals surface area contributed by atoms with Crippen molar-refractivity contribution in [2.24, 2.45) is 0 Å². The van der Waals surface area contributed by atoms with Crippen LogP contribution in [0, 0.1) is 5.82 Å². The van der Waals surface area contributed by atoms with Gasteiger partial charge in [-0.1, -0.05) is 35.3 Å². The van der Waals surface area contributed by atoms with E-state index in [0.717, 1.165) is 0 Å². The van der Waals surface area contributed by atoms with Crippen LogP contribution in [0.1, 0.15) is 15.9 Å². The summed E-state index contributed by atoms with van der Waals surface area (Å²) in [6.07, 6.45) is 0. The quantitative estimate of drug-likeness (QED) is 0.909. The molecule has 0 spiro atoms. The maximum Gasteiger partial charge on any atom is 0.251 e. The van der Waals surface area contributed by atoms with Gasteiger partial charge in [0.05, 0.1) is 0 Å². The number of hydrogen-bond donors (Lipinski definition) is 1. The molecule has 1 N–H and O–H groups in total. The monoisotopic (exact) mass is 297 g/mol. The van der Waals surface area contributed by atoms with Gasteiger partial charge in [-0.25, -0.2) is 4.39 Å². The fourth-order valence-electron chi connectivity index (χ4n) is 1.62. The van der Waals surface area contributed by atoms with E-state index in [1.54, 1.807) is 18.2 Å². The predicted octanol–water partition coefficient (Wildman–Crippen LogP) is 4.06. The minimum Gasteiger partial charge on any atom is -0.348 e. The van der Waals surface area contributed by atoms with Crippen LogP contribution in [0.3, 0.4) is 0 Å². The Morgan fingerprint density at radius 2 is 1.79 bits per heavy atom. The lowest BCUT2D eigenvalue weighted by Crippen LogP contribution is -2.22. The number of halogens is 3. The van der Waals surface area contributed by atoms with Gasteiger partial charge < -0.3 is 5.32 Å². The van der Waals surface area contributed by atoms with Crippen LogP contribution in [0.15, 0.2) is 42.5 Å². The molecule has 0 bridgehead atoms. The summed E-state index contributed by atoms with van der Waals surface area (Å²) in [5.41, 5.74) is 1.05. The maximum atomic E-state index is 13.0. The standard InChI is InChI=1S/C14H10Cl2FNO/c15-11-5-10(6-12(16)7-11)14(19)18-8-9-2-1-3-13(17)4-9/h1-7H,8H2,(H,18,19). The Morgan fingerprint density at radius 3 is 2.42 bits per heavy atom. The van der Waals surface area contributed by atoms with Crippen LogP contribution in [0.5, 0.6) is 0 Å². The molecule has 0 unspecified atom stereocenters. The largest absolute Gasteiger partial charge is 0.348 e. The number of carbonyl (C=O) groups excluding carboxylic acids is 1. The van der Waals surface area contributed by atoms with Gasteiger partial charge in [0, 0.05) is 22.2 Å². The predicted molar refractivity (Wildman–Crippen MR) is 74.0 cm³/mol. The van der Waals surface area contributed by atoms with E-state index in [9.17, 15) is 9.18 Å². The zero-order valence-corrected chi connectivity index (χ0v) is 11.3. The van der Waals surface area contributed by atoms with E-state index in [0.29, 0.717) is 21.2 Å². The molecule has 0 aliphatic carbocycles. The Kier molecular flexibility index (Phi) is 4.40. The minimum absolute atomic E-state index is 0.237. The highest BCUT2D eigenvalue weighted by molar-refractivity contribution is 6.35. The highest BCUT2D eigenvalue weighted by Gasteiger charge is 2.07. The zero-order chi connectivity index (χ0) is 13.8. The Bertz CT molecular complexity index is 596. The molecule has 2 nitrogen and oxygen atoms in total. The summed E-state index contributed by atoms with van der Waals surface area (Å²) in [5, 5.41) is 3.46. The Labute approximate surface area is 120 Å². The van der Waals surface area contributed by atoms with Crippen molar-refractivity contribution in [1.29, 1.82) is 0 Å². The first-order valence-electron chi connectivity index (χ1n) is 5.53. The van der Waals surface area contributed by atoms with Gasteiger partial charge in [0.25, 0.3) is 5.91 Å². The molecule has 2 aromatic carbocycles. The van der Waals surface area contributed by atoms with Gasteiger partial charge in [0.2, 0.25) is 0 Å². The number of hydrogen-bond acceptors (Lipinski definition) is 1. The molecule has 0 atom stereocenters. The van der Waals surface area contributed by atoms with Gasteiger partial charge in [-0.3, -0.25) is 4.79 Å². The van der Waals surface area contributed by atoms with Crippen LogP contribution in [0.25, 0.3) is 0 Å². The number of amides is 1. The number of rotatable bonds is 3. The molecule has 1 amide bonds. The smallest absolute Gasteiger partial charge is 0.251 e. The molecule has 0 fully saturated rings. The fourth-order valence-corrected chi connectivity index (χ4v) is 2.14. The third-order valence-corrected chi connectivity index (χ3v) is 2.90. The highest BCUT2D eigenvalue weighted by atomic mass is 35.5. The molecule has 98 valence electrons. The van der Waals surface area contributed by atoms with E-state index in [1.165, 1.54) is 24.3 Å². The highest BCUT2D eigenvalue weighted by Crippen LogP contribution is 2.19. The van der Waals surface area contributed by atoms with Crippen molar-refractivity contribution in [3.05, 3.63) is 69.5 Å². The molecule has 2 rings (SSSR count). The summed E-state index contributed by atoms with van der Waals surface area (Å²) in [6.45, 7) is 0.237. The van der Waals surface area contributed by atoms with Gasteiger partial charge >= 0.3 is 0 Å². The van der Waals surface area contributed by atoms with Crippen molar-refractivity contribution in [2.45, 2.75) is 6.54 Å². The minimum atomic E-state index is -0.336. The lowest BCUT2D eigenvalue weighted by Gasteiger charge is -2.06. The van der Waals surface area contributed by atoms with E-state index in [2.05, 4.69) is 5.32 Å². The molecule has 2 aromatic rings. The molecule has 0 heterocycles. The summed E-state index contributed by atoms with van der Waals surface area (Å²) < 4.78 is 13.0. The van der Waals surface area contributed by atoms with Gasteiger partial charge in [0.15, 0.2) is 0 Å². The molecular formula is C14H10Cl2FNO. The summed E-state index contributed by atoms with van der Waals surface area (Å²) in [7, 11) is 0. The molecule has 0 saturated heterocycles. The summed E-state index contributed by atoms with van der Waals surface area (Å²) in [6, 6.07) is 10.6. The van der Waals surface area contributed by atoms with E-state index in [-0.39, 0.29) is 18.3 Å². The fraction of sp³-hybridized carbons (Fsp3) is 0.0714. The third kappa shape index (κ3) is 3.94. The second-order valence-corrected chi connectivity index (χ2v) is 4.84. The van der Waals surface area contributed by atoms with Gasteiger partial charge in [-0.05, 0) is 35.9 Å². The van der Waals surface area contributed by atoms with Gasteiger partial charge in [-0.15, -0.1) is 0 Å². The Hall–Kier alpha value is -1.58. The summed E-state index contributed by atoms with van der Waals surface area (Å²) >= 11 is 11.6. The topological polar surface area (TPSA) is 29.1 Å². The van der Waals surface area contributed by atoms with Crippen molar-refractivity contribution < 1.29 is 9.18 Å². The second-order valence-electron chi connectivity index (χ2n) is 3.97. The lowest BCUT2D eigenvalue weighted by atomic mass is 10.2. The van der Waals surface area contributed by atoms with Crippen molar-refractivity contribution in [2.75, 3.05) is 0 Å².